The van der Waals surface area contributed by atoms with Crippen LogP contribution in [0.1, 0.15) is 23.1 Å². The third kappa shape index (κ3) is 4.45. The van der Waals surface area contributed by atoms with Crippen molar-refractivity contribution in [3.8, 4) is 11.3 Å². The Labute approximate surface area is 192 Å². The molecule has 0 atom stereocenters. The largest absolute Gasteiger partial charge is 0.396 e. The first kappa shape index (κ1) is 21.2. The Balaban J connectivity index is 1.30. The summed E-state index contributed by atoms with van der Waals surface area (Å²) in [5.74, 6) is -0.0125. The van der Waals surface area contributed by atoms with E-state index in [1.54, 1.807) is 29.2 Å². The van der Waals surface area contributed by atoms with Gasteiger partial charge in [-0.15, -0.1) is 0 Å². The van der Waals surface area contributed by atoms with Gasteiger partial charge in [-0.2, -0.15) is 0 Å². The minimum absolute atomic E-state index is 0.248. The van der Waals surface area contributed by atoms with Crippen LogP contribution in [0.3, 0.4) is 0 Å². The maximum absolute atomic E-state index is 13.2. The molecule has 3 N–H and O–H groups in total. The normalized spacial score (nSPS) is 15.8. The van der Waals surface area contributed by atoms with E-state index in [1.165, 1.54) is 28.8 Å². The molecule has 2 aliphatic rings. The lowest BCUT2D eigenvalue weighted by Crippen LogP contribution is -2.30. The quantitative estimate of drug-likeness (QED) is 0.613. The van der Waals surface area contributed by atoms with Gasteiger partial charge in [-0.1, -0.05) is 18.2 Å². The fraction of sp³-hybridized carbons (Fsp3) is 0.231. The van der Waals surface area contributed by atoms with Crippen LogP contribution >= 0.6 is 0 Å². The zero-order valence-electron chi connectivity index (χ0n) is 18.5. The van der Waals surface area contributed by atoms with Crippen LogP contribution in [-0.4, -0.2) is 41.0 Å². The second-order valence-electron chi connectivity index (χ2n) is 8.65. The van der Waals surface area contributed by atoms with Gasteiger partial charge >= 0.3 is 6.03 Å². The molecule has 0 spiro atoms. The number of benzene rings is 2. The Hall–Kier alpha value is -3.71. The number of rotatable bonds is 3. The van der Waals surface area contributed by atoms with E-state index >= 15 is 0 Å². The van der Waals surface area contributed by atoms with Crippen molar-refractivity contribution in [1.82, 2.24) is 14.8 Å². The Morgan fingerprint density at radius 2 is 1.79 bits per heavy atom. The number of hydrogen-bond donors (Lipinski definition) is 2. The molecule has 7 heteroatoms. The molecular weight excluding hydrogens is 417 g/mol. The number of amides is 2. The van der Waals surface area contributed by atoms with Crippen LogP contribution in [0.2, 0.25) is 0 Å². The molecule has 1 aromatic heterocycles. The monoisotopic (exact) mass is 443 g/mol. The van der Waals surface area contributed by atoms with Crippen molar-refractivity contribution in [2.45, 2.75) is 19.5 Å². The molecule has 2 aliphatic heterocycles. The van der Waals surface area contributed by atoms with E-state index in [0.717, 1.165) is 30.6 Å². The molecule has 0 unspecified atom stereocenters. The number of carbonyl (C=O) groups is 1. The molecular formula is C26H26FN5O. The number of fused-ring (bicyclic) bond motifs is 1. The first-order valence-electron chi connectivity index (χ1n) is 11.0. The van der Waals surface area contributed by atoms with Crippen LogP contribution in [0, 0.1) is 5.82 Å². The molecule has 3 aromatic rings. The number of aromatic nitrogens is 1. The summed E-state index contributed by atoms with van der Waals surface area (Å²) in [5.41, 5.74) is 12.7. The SMILES string of the molecule is CN1CC=C(c2ccc3c(c2)CN(C(=O)Nc2nc(-c4ccc(F)cc4)ccc2N)C3)CC1. The van der Waals surface area contributed by atoms with E-state index in [0.29, 0.717) is 30.3 Å². The molecule has 6 nitrogen and oxygen atoms in total. The number of nitrogen functional groups attached to an aromatic ring is 1. The lowest BCUT2D eigenvalue weighted by molar-refractivity contribution is 0.212. The molecule has 168 valence electrons. The van der Waals surface area contributed by atoms with Crippen LogP contribution in [0.4, 0.5) is 20.7 Å². The van der Waals surface area contributed by atoms with Gasteiger partial charge in [-0.05, 0) is 78.2 Å². The Morgan fingerprint density at radius 3 is 2.55 bits per heavy atom. The van der Waals surface area contributed by atoms with Gasteiger partial charge in [0.25, 0.3) is 0 Å². The van der Waals surface area contributed by atoms with E-state index < -0.39 is 0 Å². The molecule has 0 radical (unpaired) electrons. The van der Waals surface area contributed by atoms with E-state index in [2.05, 4.69) is 46.5 Å². The summed E-state index contributed by atoms with van der Waals surface area (Å²) in [6.07, 6.45) is 3.32. The van der Waals surface area contributed by atoms with Crippen molar-refractivity contribution in [2.75, 3.05) is 31.2 Å². The molecule has 0 saturated heterocycles. The number of nitrogens with two attached hydrogens (primary N) is 1. The van der Waals surface area contributed by atoms with Gasteiger partial charge in [-0.25, -0.2) is 14.2 Å². The lowest BCUT2D eigenvalue weighted by atomic mass is 9.96. The number of hydrogen-bond acceptors (Lipinski definition) is 4. The predicted octanol–water partition coefficient (Wildman–Crippen LogP) is 4.74. The summed E-state index contributed by atoms with van der Waals surface area (Å²) in [6.45, 7) is 3.11. The van der Waals surface area contributed by atoms with Crippen molar-refractivity contribution in [1.29, 1.82) is 0 Å². The second-order valence-corrected chi connectivity index (χ2v) is 8.65. The highest BCUT2D eigenvalue weighted by molar-refractivity contribution is 5.92. The molecule has 3 heterocycles. The van der Waals surface area contributed by atoms with Gasteiger partial charge in [0.15, 0.2) is 5.82 Å². The van der Waals surface area contributed by atoms with Crippen molar-refractivity contribution in [3.63, 3.8) is 0 Å². The first-order valence-corrected chi connectivity index (χ1v) is 11.0. The van der Waals surface area contributed by atoms with E-state index in [4.69, 9.17) is 5.73 Å². The number of likely N-dealkylation sites (N-methyl/N-ethyl adjacent to an activating group) is 1. The number of anilines is 2. The van der Waals surface area contributed by atoms with Gasteiger partial charge in [0.1, 0.15) is 5.82 Å². The molecule has 0 aliphatic carbocycles. The summed E-state index contributed by atoms with van der Waals surface area (Å²) in [5, 5.41) is 2.85. The van der Waals surface area contributed by atoms with Crippen LogP contribution in [0.15, 0.2) is 60.7 Å². The summed E-state index contributed by atoms with van der Waals surface area (Å²) in [6, 6.07) is 15.7. The molecule has 2 aromatic carbocycles. The standard InChI is InChI=1S/C26H26FN5O/c1-31-12-10-17(11-13-31)19-2-3-20-15-32(16-21(20)14-19)26(33)30-25-23(28)8-9-24(29-25)18-4-6-22(27)7-5-18/h2-10,14H,11-13,15-16,28H2,1H3,(H,29,30,33). The zero-order chi connectivity index (χ0) is 22.9. The zero-order valence-corrected chi connectivity index (χ0v) is 18.5. The first-order chi connectivity index (χ1) is 16.0. The summed E-state index contributed by atoms with van der Waals surface area (Å²) < 4.78 is 13.2. The van der Waals surface area contributed by atoms with Gasteiger partial charge in [0, 0.05) is 31.7 Å². The van der Waals surface area contributed by atoms with Crippen molar-refractivity contribution in [3.05, 3.63) is 83.2 Å². The minimum atomic E-state index is -0.313. The number of carbonyl (C=O) groups excluding carboxylic acids is 1. The number of pyridine rings is 1. The third-order valence-electron chi connectivity index (χ3n) is 6.29. The van der Waals surface area contributed by atoms with Gasteiger partial charge in [0.2, 0.25) is 0 Å². The number of halogens is 1. The van der Waals surface area contributed by atoms with Crippen LogP contribution < -0.4 is 11.1 Å². The average Bonchev–Trinajstić information content (AvgIpc) is 3.25. The van der Waals surface area contributed by atoms with Gasteiger partial charge < -0.3 is 15.5 Å². The lowest BCUT2D eigenvalue weighted by Gasteiger charge is -2.22. The maximum atomic E-state index is 13.2. The highest BCUT2D eigenvalue weighted by Gasteiger charge is 2.25. The van der Waals surface area contributed by atoms with E-state index in [1.807, 2.05) is 0 Å². The van der Waals surface area contributed by atoms with Crippen molar-refractivity contribution < 1.29 is 9.18 Å². The average molecular weight is 444 g/mol. The summed E-state index contributed by atoms with van der Waals surface area (Å²) in [4.78, 5) is 21.6. The van der Waals surface area contributed by atoms with E-state index in [-0.39, 0.29) is 11.8 Å². The summed E-state index contributed by atoms with van der Waals surface area (Å²) in [7, 11) is 2.13. The number of nitrogens with one attached hydrogen (secondary N) is 1. The molecule has 0 saturated carbocycles. The molecule has 2 amide bonds. The topological polar surface area (TPSA) is 74.5 Å². The third-order valence-corrected chi connectivity index (χ3v) is 6.29. The van der Waals surface area contributed by atoms with E-state index in [9.17, 15) is 9.18 Å². The summed E-state index contributed by atoms with van der Waals surface area (Å²) >= 11 is 0. The number of urea groups is 1. The smallest absolute Gasteiger partial charge is 0.323 e. The van der Waals surface area contributed by atoms with Crippen LogP contribution in [-0.2, 0) is 13.1 Å². The maximum Gasteiger partial charge on any atom is 0.323 e. The van der Waals surface area contributed by atoms with Crippen molar-refractivity contribution >= 4 is 23.1 Å². The molecule has 33 heavy (non-hydrogen) atoms. The fourth-order valence-electron chi connectivity index (χ4n) is 4.30. The van der Waals surface area contributed by atoms with Crippen LogP contribution in [0.5, 0.6) is 0 Å². The number of nitrogens with zero attached hydrogens (tertiary/aromatic N) is 3. The Bertz CT molecular complexity index is 1240. The predicted molar refractivity (Wildman–Crippen MR) is 129 cm³/mol. The highest BCUT2D eigenvalue weighted by Crippen LogP contribution is 2.30. The van der Waals surface area contributed by atoms with Crippen molar-refractivity contribution in [2.24, 2.45) is 0 Å². The molecule has 0 bridgehead atoms. The second kappa shape index (κ2) is 8.67. The van der Waals surface area contributed by atoms with Gasteiger partial charge in [0.05, 0.1) is 11.4 Å². The molecule has 0 fully saturated rings. The van der Waals surface area contributed by atoms with Crippen LogP contribution in [0.25, 0.3) is 16.8 Å². The Morgan fingerprint density at radius 1 is 1.03 bits per heavy atom. The minimum Gasteiger partial charge on any atom is -0.396 e. The van der Waals surface area contributed by atoms with Gasteiger partial charge in [-0.3, -0.25) is 5.32 Å². The Kier molecular flexibility index (Phi) is 5.56. The fourth-order valence-corrected chi connectivity index (χ4v) is 4.30. The highest BCUT2D eigenvalue weighted by atomic mass is 19.1. The molecule has 5 rings (SSSR count).